The van der Waals surface area contributed by atoms with Crippen LogP contribution in [0.4, 0.5) is 11.4 Å². The molecule has 0 aliphatic rings. The van der Waals surface area contributed by atoms with Crippen LogP contribution in [0.1, 0.15) is 5.56 Å². The number of rotatable bonds is 6. The Balaban J connectivity index is 1.65. The molecule has 0 bridgehead atoms. The molecule has 5 nitrogen and oxygen atoms in total. The van der Waals surface area contributed by atoms with Crippen LogP contribution in [-0.2, 0) is 10.1 Å². The third-order valence-electron chi connectivity index (χ3n) is 3.49. The highest BCUT2D eigenvalue weighted by Gasteiger charge is 2.16. The molecule has 0 radical (unpaired) electrons. The number of para-hydroxylation sites is 1. The number of benzene rings is 3. The van der Waals surface area contributed by atoms with Gasteiger partial charge in [0.05, 0.1) is 11.4 Å². The molecule has 3 rings (SSSR count). The van der Waals surface area contributed by atoms with Gasteiger partial charge in [-0.2, -0.15) is 8.42 Å². The fourth-order valence-corrected chi connectivity index (χ4v) is 3.07. The number of hydrogen-bond acceptors (Lipinski definition) is 5. The van der Waals surface area contributed by atoms with Crippen molar-refractivity contribution in [3.63, 3.8) is 0 Å². The number of aryl methyl sites for hydroxylation is 1. The van der Waals surface area contributed by atoms with Gasteiger partial charge in [-0.1, -0.05) is 35.9 Å². The van der Waals surface area contributed by atoms with E-state index < -0.39 is 10.1 Å². The molecule has 0 heterocycles. The van der Waals surface area contributed by atoms with Crippen LogP contribution < -0.4 is 15.0 Å². The van der Waals surface area contributed by atoms with E-state index in [0.29, 0.717) is 0 Å². The fourth-order valence-electron chi connectivity index (χ4n) is 2.14. The van der Waals surface area contributed by atoms with Crippen LogP contribution in [0.25, 0.3) is 0 Å². The summed E-state index contributed by atoms with van der Waals surface area (Å²) < 4.78 is 29.7. The summed E-state index contributed by atoms with van der Waals surface area (Å²) >= 11 is 0. The van der Waals surface area contributed by atoms with Crippen LogP contribution in [0.2, 0.25) is 0 Å². The summed E-state index contributed by atoms with van der Waals surface area (Å²) in [7, 11) is -3.83. The Morgan fingerprint density at radius 3 is 1.88 bits per heavy atom. The zero-order valence-corrected chi connectivity index (χ0v) is 14.5. The number of hydrazine groups is 1. The minimum absolute atomic E-state index is 0.131. The Bertz CT molecular complexity index is 923. The minimum Gasteiger partial charge on any atom is -0.379 e. The summed E-state index contributed by atoms with van der Waals surface area (Å²) in [6, 6.07) is 22.8. The topological polar surface area (TPSA) is 67.4 Å². The molecule has 0 unspecified atom stereocenters. The SMILES string of the molecule is Cc1ccc(S(=O)(=O)Oc2ccc(NNc3ccccc3)cc2)cc1. The van der Waals surface area contributed by atoms with E-state index in [4.69, 9.17) is 4.18 Å². The molecule has 0 atom stereocenters. The van der Waals surface area contributed by atoms with Crippen molar-refractivity contribution in [1.82, 2.24) is 0 Å². The molecular formula is C19H18N2O3S. The van der Waals surface area contributed by atoms with E-state index in [9.17, 15) is 8.42 Å². The van der Waals surface area contributed by atoms with E-state index in [1.807, 2.05) is 37.3 Å². The molecule has 0 fully saturated rings. The molecule has 0 aliphatic heterocycles. The first-order valence-corrected chi connectivity index (χ1v) is 9.12. The quantitative estimate of drug-likeness (QED) is 0.513. The van der Waals surface area contributed by atoms with Crippen molar-refractivity contribution < 1.29 is 12.6 Å². The van der Waals surface area contributed by atoms with Crippen molar-refractivity contribution in [2.45, 2.75) is 11.8 Å². The predicted octanol–water partition coefficient (Wildman–Crippen LogP) is 4.20. The lowest BCUT2D eigenvalue weighted by Crippen LogP contribution is -2.10. The Morgan fingerprint density at radius 1 is 0.720 bits per heavy atom. The molecule has 0 spiro atoms. The van der Waals surface area contributed by atoms with Crippen molar-refractivity contribution in [2.75, 3.05) is 10.9 Å². The molecule has 0 amide bonds. The van der Waals surface area contributed by atoms with E-state index in [0.717, 1.165) is 16.9 Å². The van der Waals surface area contributed by atoms with Gasteiger partial charge in [0, 0.05) is 0 Å². The zero-order chi connectivity index (χ0) is 17.7. The van der Waals surface area contributed by atoms with E-state index in [2.05, 4.69) is 10.9 Å². The third-order valence-corrected chi connectivity index (χ3v) is 4.76. The van der Waals surface area contributed by atoms with Crippen LogP contribution in [-0.4, -0.2) is 8.42 Å². The summed E-state index contributed by atoms with van der Waals surface area (Å²) in [5, 5.41) is 0. The first-order valence-electron chi connectivity index (χ1n) is 7.71. The van der Waals surface area contributed by atoms with Crippen molar-refractivity contribution in [1.29, 1.82) is 0 Å². The average Bonchev–Trinajstić information content (AvgIpc) is 2.62. The van der Waals surface area contributed by atoms with Crippen LogP contribution in [0.5, 0.6) is 5.75 Å². The maximum Gasteiger partial charge on any atom is 0.339 e. The van der Waals surface area contributed by atoms with Gasteiger partial charge in [-0.3, -0.25) is 0 Å². The predicted molar refractivity (Wildman–Crippen MR) is 99.1 cm³/mol. The molecule has 0 aromatic heterocycles. The van der Waals surface area contributed by atoms with E-state index >= 15 is 0 Å². The number of anilines is 2. The van der Waals surface area contributed by atoms with E-state index in [-0.39, 0.29) is 10.6 Å². The highest BCUT2D eigenvalue weighted by Crippen LogP contribution is 2.21. The summed E-state index contributed by atoms with van der Waals surface area (Å²) in [5.41, 5.74) is 8.77. The Morgan fingerprint density at radius 2 is 1.28 bits per heavy atom. The maximum atomic E-state index is 12.3. The van der Waals surface area contributed by atoms with Crippen LogP contribution in [0.15, 0.2) is 83.8 Å². The maximum absolute atomic E-state index is 12.3. The first-order chi connectivity index (χ1) is 12.0. The zero-order valence-electron chi connectivity index (χ0n) is 13.6. The molecule has 25 heavy (non-hydrogen) atoms. The van der Waals surface area contributed by atoms with Gasteiger partial charge in [-0.25, -0.2) is 0 Å². The van der Waals surface area contributed by atoms with Gasteiger partial charge in [0.2, 0.25) is 0 Å². The second-order valence-corrected chi connectivity index (χ2v) is 7.04. The largest absolute Gasteiger partial charge is 0.379 e. The van der Waals surface area contributed by atoms with E-state index in [1.54, 1.807) is 36.4 Å². The van der Waals surface area contributed by atoms with Crippen LogP contribution in [0.3, 0.4) is 0 Å². The fraction of sp³-hybridized carbons (Fsp3) is 0.0526. The highest BCUT2D eigenvalue weighted by atomic mass is 32.2. The van der Waals surface area contributed by atoms with Gasteiger partial charge in [0.15, 0.2) is 0 Å². The van der Waals surface area contributed by atoms with E-state index in [1.165, 1.54) is 12.1 Å². The highest BCUT2D eigenvalue weighted by molar-refractivity contribution is 7.87. The van der Waals surface area contributed by atoms with Crippen LogP contribution >= 0.6 is 0 Å². The molecule has 0 saturated heterocycles. The Hall–Kier alpha value is -2.99. The van der Waals surface area contributed by atoms with Gasteiger partial charge in [0.25, 0.3) is 0 Å². The third kappa shape index (κ3) is 4.51. The van der Waals surface area contributed by atoms with Gasteiger partial charge in [-0.15, -0.1) is 0 Å². The summed E-state index contributed by atoms with van der Waals surface area (Å²) in [4.78, 5) is 0.131. The molecule has 3 aromatic carbocycles. The van der Waals surface area contributed by atoms with Crippen molar-refractivity contribution in [2.24, 2.45) is 0 Å². The van der Waals surface area contributed by atoms with Gasteiger partial charge >= 0.3 is 10.1 Å². The molecule has 3 aromatic rings. The van der Waals surface area contributed by atoms with Gasteiger partial charge < -0.3 is 15.0 Å². The summed E-state index contributed by atoms with van der Waals surface area (Å²) in [5.74, 6) is 0.255. The lowest BCUT2D eigenvalue weighted by Gasteiger charge is -2.11. The lowest BCUT2D eigenvalue weighted by molar-refractivity contribution is 0.486. The average molecular weight is 354 g/mol. The molecular weight excluding hydrogens is 336 g/mol. The Kier molecular flexibility index (Phi) is 4.90. The van der Waals surface area contributed by atoms with Crippen molar-refractivity contribution in [3.8, 4) is 5.75 Å². The van der Waals surface area contributed by atoms with Crippen LogP contribution in [0, 0.1) is 6.92 Å². The van der Waals surface area contributed by atoms with Gasteiger partial charge in [-0.05, 0) is 55.5 Å². The monoisotopic (exact) mass is 354 g/mol. The van der Waals surface area contributed by atoms with Crippen molar-refractivity contribution >= 4 is 21.5 Å². The molecule has 128 valence electrons. The van der Waals surface area contributed by atoms with Gasteiger partial charge in [0.1, 0.15) is 10.6 Å². The summed E-state index contributed by atoms with van der Waals surface area (Å²) in [6.45, 7) is 1.90. The summed E-state index contributed by atoms with van der Waals surface area (Å²) in [6.07, 6.45) is 0. The molecule has 6 heteroatoms. The number of nitrogens with one attached hydrogen (secondary N) is 2. The lowest BCUT2D eigenvalue weighted by atomic mass is 10.2. The standard InChI is InChI=1S/C19H18N2O3S/c1-15-7-13-19(14-8-15)25(22,23)24-18-11-9-17(10-12-18)21-20-16-5-3-2-4-6-16/h2-14,20-21H,1H3. The normalized spacial score (nSPS) is 10.9. The second-order valence-electron chi connectivity index (χ2n) is 5.49. The first kappa shape index (κ1) is 16.9. The smallest absolute Gasteiger partial charge is 0.339 e. The molecule has 0 saturated carbocycles. The molecule has 0 aliphatic carbocycles. The minimum atomic E-state index is -3.83. The van der Waals surface area contributed by atoms with Crippen molar-refractivity contribution in [3.05, 3.63) is 84.4 Å². The second kappa shape index (κ2) is 7.27. The number of hydrogen-bond donors (Lipinski definition) is 2. The molecule has 2 N–H and O–H groups in total. The Labute approximate surface area is 147 Å².